The lowest BCUT2D eigenvalue weighted by Crippen LogP contribution is -2.50. The molecule has 0 atom stereocenters. The number of rotatable bonds is 5. The van der Waals surface area contributed by atoms with Crippen molar-refractivity contribution in [2.24, 2.45) is 0 Å². The van der Waals surface area contributed by atoms with Crippen LogP contribution in [0.1, 0.15) is 26.3 Å². The van der Waals surface area contributed by atoms with E-state index in [4.69, 9.17) is 4.74 Å². The van der Waals surface area contributed by atoms with Gasteiger partial charge < -0.3 is 9.64 Å². The number of halogens is 2. The first-order valence-corrected chi connectivity index (χ1v) is 16.5. The van der Waals surface area contributed by atoms with E-state index >= 15 is 0 Å². The molecule has 1 amide bonds. The maximum Gasteiger partial charge on any atom is 0.344 e. The topological polar surface area (TPSA) is 96.9 Å². The minimum Gasteiger partial charge on any atom is -0.420 e. The van der Waals surface area contributed by atoms with Gasteiger partial charge in [-0.15, -0.1) is 0 Å². The van der Waals surface area contributed by atoms with Gasteiger partial charge in [0.2, 0.25) is 10.0 Å². The lowest BCUT2D eigenvalue weighted by Gasteiger charge is -2.34. The summed E-state index contributed by atoms with van der Waals surface area (Å²) in [4.78, 5) is 33.6. The normalized spacial score (nSPS) is 14.3. The van der Waals surface area contributed by atoms with Crippen LogP contribution >= 0.6 is 31.9 Å². The molecule has 218 valence electrons. The molecular weight excluding hydrogens is 698 g/mol. The van der Waals surface area contributed by atoms with Gasteiger partial charge in [-0.05, 0) is 75.2 Å². The number of nitrogens with zero attached hydrogens (tertiary/aromatic N) is 3. The predicted molar refractivity (Wildman–Crippen MR) is 172 cm³/mol. The third-order valence-corrected chi connectivity index (χ3v) is 10.5. The smallest absolute Gasteiger partial charge is 0.344 e. The zero-order chi connectivity index (χ0) is 30.3. The van der Waals surface area contributed by atoms with Gasteiger partial charge in [0.05, 0.1) is 30.4 Å². The van der Waals surface area contributed by atoms with Crippen molar-refractivity contribution in [1.82, 2.24) is 14.2 Å². The summed E-state index contributed by atoms with van der Waals surface area (Å²) in [6.45, 7) is 2.77. The molecule has 1 aliphatic heterocycles. The third-order valence-electron chi connectivity index (χ3n) is 7.42. The van der Waals surface area contributed by atoms with Crippen molar-refractivity contribution in [1.29, 1.82) is 0 Å². The molecular formula is C32H25Br2N3O5S. The number of hydrogen-bond donors (Lipinski definition) is 0. The lowest BCUT2D eigenvalue weighted by molar-refractivity contribution is 0.0697. The highest BCUT2D eigenvalue weighted by Crippen LogP contribution is 2.37. The predicted octanol–water partition coefficient (Wildman–Crippen LogP) is 6.59. The number of sulfonamides is 1. The van der Waals surface area contributed by atoms with E-state index in [-0.39, 0.29) is 42.7 Å². The molecule has 0 aliphatic carbocycles. The summed E-state index contributed by atoms with van der Waals surface area (Å²) < 4.78 is 34.3. The second-order valence-corrected chi connectivity index (χ2v) is 13.8. The Balaban J connectivity index is 1.20. The van der Waals surface area contributed by atoms with Crippen LogP contribution in [0, 0.1) is 6.92 Å². The van der Waals surface area contributed by atoms with Crippen molar-refractivity contribution in [3.8, 4) is 5.75 Å². The molecule has 8 nitrogen and oxygen atoms in total. The van der Waals surface area contributed by atoms with Gasteiger partial charge in [0.15, 0.2) is 5.75 Å². The van der Waals surface area contributed by atoms with Crippen molar-refractivity contribution in [2.45, 2.75) is 11.8 Å². The molecule has 1 aliphatic rings. The van der Waals surface area contributed by atoms with Crippen LogP contribution in [0.4, 0.5) is 0 Å². The van der Waals surface area contributed by atoms with E-state index in [1.807, 2.05) is 55.5 Å². The van der Waals surface area contributed by atoms with Crippen LogP contribution < -0.4 is 4.74 Å². The number of piperazine rings is 1. The van der Waals surface area contributed by atoms with Crippen molar-refractivity contribution >= 4 is 75.6 Å². The van der Waals surface area contributed by atoms with Crippen molar-refractivity contribution in [3.05, 3.63) is 111 Å². The standard InChI is InChI=1S/C32H25Br2N3O5S/c1-20-10-12-22(13-11-20)43(40,41)37-16-14-36(15-17-37)31(38)21-18-25(33)30(26(34)19-21)42-32(39)29-23-6-2-4-8-27(23)35-28-9-5-3-7-24(28)29/h2-13,18-19H,14-17H2,1H3. The summed E-state index contributed by atoms with van der Waals surface area (Å²) in [6, 6.07) is 24.7. The molecule has 4 aromatic carbocycles. The quantitative estimate of drug-likeness (QED) is 0.115. The highest BCUT2D eigenvalue weighted by atomic mass is 79.9. The van der Waals surface area contributed by atoms with Crippen LogP contribution in [-0.2, 0) is 10.0 Å². The van der Waals surface area contributed by atoms with E-state index in [1.165, 1.54) is 4.31 Å². The Labute approximate surface area is 265 Å². The average molecular weight is 723 g/mol. The summed E-state index contributed by atoms with van der Waals surface area (Å²) in [5, 5.41) is 1.35. The van der Waals surface area contributed by atoms with Crippen LogP contribution in [0.2, 0.25) is 0 Å². The molecule has 0 spiro atoms. The molecule has 11 heteroatoms. The third kappa shape index (κ3) is 5.70. The molecule has 0 saturated carbocycles. The number of pyridine rings is 1. The minimum absolute atomic E-state index is 0.188. The summed E-state index contributed by atoms with van der Waals surface area (Å²) in [7, 11) is -3.65. The van der Waals surface area contributed by atoms with Gasteiger partial charge in [0.25, 0.3) is 5.91 Å². The van der Waals surface area contributed by atoms with E-state index < -0.39 is 16.0 Å². The Morgan fingerprint density at radius 1 is 0.791 bits per heavy atom. The van der Waals surface area contributed by atoms with Crippen LogP contribution in [0.15, 0.2) is 98.8 Å². The first kappa shape index (κ1) is 29.4. The number of esters is 1. The van der Waals surface area contributed by atoms with Crippen LogP contribution in [0.25, 0.3) is 21.8 Å². The summed E-state index contributed by atoms with van der Waals surface area (Å²) >= 11 is 6.96. The molecule has 0 bridgehead atoms. The highest BCUT2D eigenvalue weighted by Gasteiger charge is 2.31. The number of para-hydroxylation sites is 2. The Morgan fingerprint density at radius 2 is 1.33 bits per heavy atom. The van der Waals surface area contributed by atoms with Gasteiger partial charge in [-0.1, -0.05) is 54.1 Å². The highest BCUT2D eigenvalue weighted by molar-refractivity contribution is 9.11. The number of hydrogen-bond acceptors (Lipinski definition) is 6. The molecule has 6 rings (SSSR count). The van der Waals surface area contributed by atoms with Gasteiger partial charge in [-0.2, -0.15) is 4.31 Å². The van der Waals surface area contributed by atoms with E-state index in [1.54, 1.807) is 41.3 Å². The van der Waals surface area contributed by atoms with Gasteiger partial charge >= 0.3 is 5.97 Å². The summed E-state index contributed by atoms with van der Waals surface area (Å²) in [5.41, 5.74) is 3.11. The van der Waals surface area contributed by atoms with Crippen molar-refractivity contribution in [3.63, 3.8) is 0 Å². The fourth-order valence-electron chi connectivity index (χ4n) is 5.16. The molecule has 43 heavy (non-hydrogen) atoms. The molecule has 1 fully saturated rings. The van der Waals surface area contributed by atoms with Gasteiger partial charge in [-0.25, -0.2) is 18.2 Å². The summed E-state index contributed by atoms with van der Waals surface area (Å²) in [5.74, 6) is -0.570. The van der Waals surface area contributed by atoms with Crippen molar-refractivity contribution in [2.75, 3.05) is 26.2 Å². The summed E-state index contributed by atoms with van der Waals surface area (Å²) in [6.07, 6.45) is 0. The molecule has 0 N–H and O–H groups in total. The van der Waals surface area contributed by atoms with Crippen molar-refractivity contribution < 1.29 is 22.7 Å². The maximum absolute atomic E-state index is 13.6. The fourth-order valence-corrected chi connectivity index (χ4v) is 7.93. The number of aromatic nitrogens is 1. The molecule has 5 aromatic rings. The maximum atomic E-state index is 13.6. The average Bonchev–Trinajstić information content (AvgIpc) is 3.01. The Bertz CT molecular complexity index is 1930. The zero-order valence-corrected chi connectivity index (χ0v) is 26.9. The molecule has 0 unspecified atom stereocenters. The van der Waals surface area contributed by atoms with Crippen LogP contribution in [0.5, 0.6) is 5.75 Å². The van der Waals surface area contributed by atoms with Gasteiger partial charge in [0.1, 0.15) is 0 Å². The van der Waals surface area contributed by atoms with Crippen LogP contribution in [-0.4, -0.2) is 60.7 Å². The Hall–Kier alpha value is -3.64. The van der Waals surface area contributed by atoms with E-state index in [0.29, 0.717) is 41.9 Å². The van der Waals surface area contributed by atoms with Gasteiger partial charge in [0, 0.05) is 42.5 Å². The number of aryl methyl sites for hydroxylation is 1. The minimum atomic E-state index is -3.65. The molecule has 2 heterocycles. The van der Waals surface area contributed by atoms with Crippen LogP contribution in [0.3, 0.4) is 0 Å². The second kappa shape index (κ2) is 11.8. The van der Waals surface area contributed by atoms with Gasteiger partial charge in [-0.3, -0.25) is 4.79 Å². The van der Waals surface area contributed by atoms with E-state index in [9.17, 15) is 18.0 Å². The second-order valence-electron chi connectivity index (χ2n) is 10.2. The monoisotopic (exact) mass is 721 g/mol. The lowest BCUT2D eigenvalue weighted by atomic mass is 10.0. The number of ether oxygens (including phenoxy) is 1. The molecule has 0 radical (unpaired) electrons. The Kier molecular flexibility index (Phi) is 8.08. The number of carbonyl (C=O) groups is 2. The molecule has 1 saturated heterocycles. The van der Waals surface area contributed by atoms with E-state index in [2.05, 4.69) is 36.8 Å². The van der Waals surface area contributed by atoms with E-state index in [0.717, 1.165) is 5.56 Å². The largest absolute Gasteiger partial charge is 0.420 e. The Morgan fingerprint density at radius 3 is 1.88 bits per heavy atom. The number of benzene rings is 4. The number of amides is 1. The zero-order valence-electron chi connectivity index (χ0n) is 23.0. The number of fused-ring (bicyclic) bond motifs is 2. The fraction of sp³-hybridized carbons (Fsp3) is 0.156. The first-order valence-electron chi connectivity index (χ1n) is 13.5. The SMILES string of the molecule is Cc1ccc(S(=O)(=O)N2CCN(C(=O)c3cc(Br)c(OC(=O)c4c5ccccc5nc5ccccc45)c(Br)c3)CC2)cc1. The molecule has 1 aromatic heterocycles. The number of carbonyl (C=O) groups excluding carboxylic acids is 2. The first-order chi connectivity index (χ1) is 20.6.